The summed E-state index contributed by atoms with van der Waals surface area (Å²) >= 11 is 0. The second kappa shape index (κ2) is 8.51. The van der Waals surface area contributed by atoms with Gasteiger partial charge in [0.15, 0.2) is 5.82 Å². The highest BCUT2D eigenvalue weighted by atomic mass is 35.5. The summed E-state index contributed by atoms with van der Waals surface area (Å²) in [5.41, 5.74) is 1.12. The lowest BCUT2D eigenvalue weighted by atomic mass is 9.93. The van der Waals surface area contributed by atoms with E-state index >= 15 is 0 Å². The largest absolute Gasteiger partial charge is 0.361 e. The molecule has 0 amide bonds. The number of nitrogens with one attached hydrogen (secondary N) is 1. The maximum absolute atomic E-state index is 4.28. The van der Waals surface area contributed by atoms with Crippen LogP contribution < -0.4 is 10.2 Å². The highest BCUT2D eigenvalue weighted by Crippen LogP contribution is 2.17. The molecule has 1 fully saturated rings. The van der Waals surface area contributed by atoms with Gasteiger partial charge in [0.1, 0.15) is 0 Å². The normalized spacial score (nSPS) is 15.4. The summed E-state index contributed by atoms with van der Waals surface area (Å²) < 4.78 is 0. The summed E-state index contributed by atoms with van der Waals surface area (Å²) in [4.78, 5) is 1.97. The smallest absolute Gasteiger partial charge is 0.150 e. The molecule has 1 aromatic heterocycles. The Kier molecular flexibility index (Phi) is 8.24. The van der Waals surface area contributed by atoms with Crippen molar-refractivity contribution in [1.82, 2.24) is 15.5 Å². The molecule has 6 heteroatoms. The van der Waals surface area contributed by atoms with Gasteiger partial charge >= 0.3 is 0 Å². The molecule has 0 aliphatic carbocycles. The van der Waals surface area contributed by atoms with Crippen LogP contribution in [0.15, 0.2) is 12.1 Å². The van der Waals surface area contributed by atoms with Crippen molar-refractivity contribution in [1.29, 1.82) is 0 Å². The summed E-state index contributed by atoms with van der Waals surface area (Å²) in [6.45, 7) is 2.29. The molecule has 18 heavy (non-hydrogen) atoms. The summed E-state index contributed by atoms with van der Waals surface area (Å²) in [6.07, 6.45) is 3.59. The Morgan fingerprint density at radius 3 is 2.33 bits per heavy atom. The first kappa shape index (κ1) is 17.4. The highest BCUT2D eigenvalue weighted by Gasteiger charge is 2.14. The highest BCUT2D eigenvalue weighted by molar-refractivity contribution is 5.85. The van der Waals surface area contributed by atoms with Gasteiger partial charge < -0.3 is 10.2 Å². The number of hydrogen-bond donors (Lipinski definition) is 1. The van der Waals surface area contributed by atoms with E-state index in [-0.39, 0.29) is 24.8 Å². The van der Waals surface area contributed by atoms with Crippen molar-refractivity contribution in [3.05, 3.63) is 17.8 Å². The van der Waals surface area contributed by atoms with Crippen LogP contribution in [0, 0.1) is 5.92 Å². The Labute approximate surface area is 121 Å². The van der Waals surface area contributed by atoms with Crippen molar-refractivity contribution in [2.24, 2.45) is 5.92 Å². The van der Waals surface area contributed by atoms with Crippen molar-refractivity contribution < 1.29 is 0 Å². The number of nitrogens with zero attached hydrogens (tertiary/aromatic N) is 3. The van der Waals surface area contributed by atoms with Gasteiger partial charge in [0.25, 0.3) is 0 Å². The SMILES string of the molecule is CN(C)c1ccc(CC2CCNCC2)nn1.Cl.Cl. The van der Waals surface area contributed by atoms with E-state index in [2.05, 4.69) is 21.6 Å². The predicted molar refractivity (Wildman–Crippen MR) is 80.2 cm³/mol. The third-order valence-electron chi connectivity index (χ3n) is 3.12. The first-order valence-corrected chi connectivity index (χ1v) is 5.96. The molecule has 1 aromatic rings. The summed E-state index contributed by atoms with van der Waals surface area (Å²) in [5.74, 6) is 1.70. The van der Waals surface area contributed by atoms with Gasteiger partial charge in [-0.3, -0.25) is 0 Å². The van der Waals surface area contributed by atoms with E-state index in [9.17, 15) is 0 Å². The zero-order valence-corrected chi connectivity index (χ0v) is 12.6. The molecule has 1 saturated heterocycles. The van der Waals surface area contributed by atoms with E-state index in [4.69, 9.17) is 0 Å². The molecule has 0 atom stereocenters. The third kappa shape index (κ3) is 4.96. The van der Waals surface area contributed by atoms with Gasteiger partial charge in [-0.1, -0.05) is 0 Å². The number of aromatic nitrogens is 2. The molecule has 1 aliphatic rings. The fraction of sp³-hybridized carbons (Fsp3) is 0.667. The lowest BCUT2D eigenvalue weighted by Crippen LogP contribution is -2.28. The lowest BCUT2D eigenvalue weighted by molar-refractivity contribution is 0.369. The maximum atomic E-state index is 4.28. The molecule has 4 nitrogen and oxygen atoms in total. The summed E-state index contributed by atoms with van der Waals surface area (Å²) in [6, 6.07) is 4.15. The van der Waals surface area contributed by atoms with Gasteiger partial charge in [-0.25, -0.2) is 0 Å². The van der Waals surface area contributed by atoms with Crippen LogP contribution in [0.3, 0.4) is 0 Å². The Balaban J connectivity index is 0.00000144. The van der Waals surface area contributed by atoms with Gasteiger partial charge in [0.2, 0.25) is 0 Å². The quantitative estimate of drug-likeness (QED) is 0.924. The molecular formula is C12H22Cl2N4. The molecule has 0 bridgehead atoms. The van der Waals surface area contributed by atoms with Crippen LogP contribution in [0.25, 0.3) is 0 Å². The monoisotopic (exact) mass is 292 g/mol. The topological polar surface area (TPSA) is 41.0 Å². The molecule has 2 heterocycles. The van der Waals surface area contributed by atoms with Gasteiger partial charge in [-0.2, -0.15) is 5.10 Å². The fourth-order valence-corrected chi connectivity index (χ4v) is 2.08. The minimum atomic E-state index is 0. The van der Waals surface area contributed by atoms with E-state index in [0.717, 1.165) is 36.9 Å². The van der Waals surface area contributed by atoms with Gasteiger partial charge in [-0.15, -0.1) is 29.9 Å². The van der Waals surface area contributed by atoms with Crippen LogP contribution in [0.1, 0.15) is 18.5 Å². The fourth-order valence-electron chi connectivity index (χ4n) is 2.08. The molecule has 0 spiro atoms. The molecular weight excluding hydrogens is 271 g/mol. The Morgan fingerprint density at radius 1 is 1.17 bits per heavy atom. The van der Waals surface area contributed by atoms with Crippen molar-refractivity contribution >= 4 is 30.6 Å². The molecule has 1 N–H and O–H groups in total. The second-order valence-corrected chi connectivity index (χ2v) is 4.67. The van der Waals surface area contributed by atoms with Crippen molar-refractivity contribution in [3.63, 3.8) is 0 Å². The second-order valence-electron chi connectivity index (χ2n) is 4.67. The van der Waals surface area contributed by atoms with Gasteiger partial charge in [0, 0.05) is 14.1 Å². The first-order chi connectivity index (χ1) is 7.75. The molecule has 0 radical (unpaired) electrons. The standard InChI is InChI=1S/C12H20N4.2ClH/c1-16(2)12-4-3-11(14-15-12)9-10-5-7-13-8-6-10;;/h3-4,10,13H,5-9H2,1-2H3;2*1H. The number of anilines is 1. The maximum Gasteiger partial charge on any atom is 0.150 e. The average molecular weight is 293 g/mol. The predicted octanol–water partition coefficient (Wildman–Crippen LogP) is 1.93. The number of rotatable bonds is 3. The summed E-state index contributed by atoms with van der Waals surface area (Å²) in [7, 11) is 3.97. The van der Waals surface area contributed by atoms with Crippen LogP contribution in [0.4, 0.5) is 5.82 Å². The molecule has 2 rings (SSSR count). The van der Waals surface area contributed by atoms with Crippen LogP contribution >= 0.6 is 24.8 Å². The van der Waals surface area contributed by atoms with Crippen molar-refractivity contribution in [2.75, 3.05) is 32.1 Å². The zero-order valence-electron chi connectivity index (χ0n) is 10.9. The molecule has 1 aliphatic heterocycles. The first-order valence-electron chi connectivity index (χ1n) is 5.96. The van der Waals surface area contributed by atoms with E-state index in [1.54, 1.807) is 0 Å². The van der Waals surface area contributed by atoms with Crippen LogP contribution in [-0.2, 0) is 6.42 Å². The Morgan fingerprint density at radius 2 is 1.83 bits per heavy atom. The van der Waals surface area contributed by atoms with Gasteiger partial charge in [0.05, 0.1) is 5.69 Å². The molecule has 104 valence electrons. The van der Waals surface area contributed by atoms with E-state index in [1.165, 1.54) is 12.8 Å². The minimum Gasteiger partial charge on any atom is -0.361 e. The number of piperidine rings is 1. The van der Waals surface area contributed by atoms with E-state index in [0.29, 0.717) is 0 Å². The number of halogens is 2. The van der Waals surface area contributed by atoms with Crippen LogP contribution in [0.2, 0.25) is 0 Å². The average Bonchev–Trinajstić information content (AvgIpc) is 2.31. The van der Waals surface area contributed by atoms with Crippen LogP contribution in [-0.4, -0.2) is 37.4 Å². The van der Waals surface area contributed by atoms with E-state index < -0.39 is 0 Å². The van der Waals surface area contributed by atoms with Crippen molar-refractivity contribution in [3.8, 4) is 0 Å². The van der Waals surface area contributed by atoms with Crippen molar-refractivity contribution in [2.45, 2.75) is 19.3 Å². The molecule has 0 saturated carbocycles. The molecule has 0 aromatic carbocycles. The minimum absolute atomic E-state index is 0. The third-order valence-corrected chi connectivity index (χ3v) is 3.12. The van der Waals surface area contributed by atoms with Crippen LogP contribution in [0.5, 0.6) is 0 Å². The molecule has 0 unspecified atom stereocenters. The lowest BCUT2D eigenvalue weighted by Gasteiger charge is -2.22. The zero-order chi connectivity index (χ0) is 11.4. The van der Waals surface area contributed by atoms with E-state index in [1.807, 2.05) is 25.1 Å². The number of hydrogen-bond acceptors (Lipinski definition) is 4. The van der Waals surface area contributed by atoms with Gasteiger partial charge in [-0.05, 0) is 50.4 Å². The summed E-state index contributed by atoms with van der Waals surface area (Å²) in [5, 5.41) is 11.9. The Hall–Kier alpha value is -0.580. The Bertz CT molecular complexity index is 323.